The van der Waals surface area contributed by atoms with Crippen molar-refractivity contribution in [2.75, 3.05) is 39.4 Å². The molecule has 120 valence electrons. The van der Waals surface area contributed by atoms with Gasteiger partial charge in [-0.25, -0.2) is 0 Å². The van der Waals surface area contributed by atoms with E-state index in [-0.39, 0.29) is 12.0 Å². The van der Waals surface area contributed by atoms with Gasteiger partial charge in [-0.1, -0.05) is 0 Å². The summed E-state index contributed by atoms with van der Waals surface area (Å²) in [5, 5.41) is 0. The Morgan fingerprint density at radius 1 is 1.10 bits per heavy atom. The number of carbonyl (C=O) groups is 1. The molecule has 0 aromatic rings. The SMILES string of the molecule is N[C@@H]1CC[C@@H](C(=O)N2CCCC[C@H]2CN2CCOCC2)C1. The molecule has 1 saturated carbocycles. The first-order valence-corrected chi connectivity index (χ1v) is 8.60. The number of amides is 1. The van der Waals surface area contributed by atoms with Gasteiger partial charge in [-0.05, 0) is 38.5 Å². The topological polar surface area (TPSA) is 58.8 Å². The highest BCUT2D eigenvalue weighted by atomic mass is 16.5. The molecule has 0 radical (unpaired) electrons. The third-order valence-electron chi connectivity index (χ3n) is 5.31. The second kappa shape index (κ2) is 7.07. The van der Waals surface area contributed by atoms with Crippen LogP contribution in [0, 0.1) is 5.92 Å². The molecule has 2 saturated heterocycles. The maximum atomic E-state index is 12.8. The highest BCUT2D eigenvalue weighted by Crippen LogP contribution is 2.29. The Hall–Kier alpha value is -0.650. The van der Waals surface area contributed by atoms with Crippen molar-refractivity contribution in [1.29, 1.82) is 0 Å². The lowest BCUT2D eigenvalue weighted by molar-refractivity contribution is -0.139. The van der Waals surface area contributed by atoms with E-state index < -0.39 is 0 Å². The summed E-state index contributed by atoms with van der Waals surface area (Å²) in [6, 6.07) is 0.641. The number of morpholine rings is 1. The zero-order valence-electron chi connectivity index (χ0n) is 13.0. The van der Waals surface area contributed by atoms with E-state index >= 15 is 0 Å². The first kappa shape index (κ1) is 15.3. The number of carbonyl (C=O) groups excluding carboxylic acids is 1. The van der Waals surface area contributed by atoms with E-state index in [4.69, 9.17) is 10.5 Å². The molecule has 3 rings (SSSR count). The fourth-order valence-corrected chi connectivity index (χ4v) is 4.04. The van der Waals surface area contributed by atoms with Gasteiger partial charge in [-0.15, -0.1) is 0 Å². The molecule has 3 fully saturated rings. The molecule has 21 heavy (non-hydrogen) atoms. The Balaban J connectivity index is 1.59. The molecule has 0 aromatic carbocycles. The Morgan fingerprint density at radius 3 is 2.62 bits per heavy atom. The van der Waals surface area contributed by atoms with Crippen molar-refractivity contribution in [1.82, 2.24) is 9.80 Å². The number of nitrogens with zero attached hydrogens (tertiary/aromatic N) is 2. The predicted octanol–water partition coefficient (Wildman–Crippen LogP) is 0.827. The lowest BCUT2D eigenvalue weighted by atomic mass is 9.97. The molecular formula is C16H29N3O2. The van der Waals surface area contributed by atoms with Crippen LogP contribution in [0.1, 0.15) is 38.5 Å². The second-order valence-corrected chi connectivity index (χ2v) is 6.86. The summed E-state index contributed by atoms with van der Waals surface area (Å²) in [4.78, 5) is 17.5. The van der Waals surface area contributed by atoms with Crippen molar-refractivity contribution in [2.45, 2.75) is 50.6 Å². The summed E-state index contributed by atoms with van der Waals surface area (Å²) in [6.07, 6.45) is 6.45. The number of nitrogens with two attached hydrogens (primary N) is 1. The molecule has 0 bridgehead atoms. The van der Waals surface area contributed by atoms with Crippen LogP contribution in [0.5, 0.6) is 0 Å². The average molecular weight is 295 g/mol. The second-order valence-electron chi connectivity index (χ2n) is 6.86. The minimum atomic E-state index is 0.185. The summed E-state index contributed by atoms with van der Waals surface area (Å²) >= 11 is 0. The van der Waals surface area contributed by atoms with E-state index in [9.17, 15) is 4.79 Å². The van der Waals surface area contributed by atoms with Gasteiger partial charge >= 0.3 is 0 Å². The van der Waals surface area contributed by atoms with Gasteiger partial charge < -0.3 is 15.4 Å². The first-order chi connectivity index (χ1) is 10.2. The molecule has 3 atom stereocenters. The number of hydrogen-bond donors (Lipinski definition) is 1. The van der Waals surface area contributed by atoms with Gasteiger partial charge in [0, 0.05) is 44.2 Å². The smallest absolute Gasteiger partial charge is 0.226 e. The maximum absolute atomic E-state index is 12.8. The molecule has 1 amide bonds. The fraction of sp³-hybridized carbons (Fsp3) is 0.938. The number of likely N-dealkylation sites (tertiary alicyclic amines) is 1. The van der Waals surface area contributed by atoms with E-state index in [0.717, 1.165) is 71.5 Å². The molecule has 5 heteroatoms. The van der Waals surface area contributed by atoms with Gasteiger partial charge in [-0.3, -0.25) is 9.69 Å². The fourth-order valence-electron chi connectivity index (χ4n) is 4.04. The van der Waals surface area contributed by atoms with Crippen molar-refractivity contribution in [3.8, 4) is 0 Å². The van der Waals surface area contributed by atoms with E-state index in [0.29, 0.717) is 11.9 Å². The van der Waals surface area contributed by atoms with Crippen molar-refractivity contribution in [3.05, 3.63) is 0 Å². The minimum absolute atomic E-state index is 0.185. The van der Waals surface area contributed by atoms with Gasteiger partial charge in [0.05, 0.1) is 13.2 Å². The third kappa shape index (κ3) is 3.76. The van der Waals surface area contributed by atoms with E-state index in [1.54, 1.807) is 0 Å². The number of piperidine rings is 1. The van der Waals surface area contributed by atoms with Crippen LogP contribution in [0.25, 0.3) is 0 Å². The molecular weight excluding hydrogens is 266 g/mol. The Labute approximate surface area is 127 Å². The van der Waals surface area contributed by atoms with Crippen LogP contribution >= 0.6 is 0 Å². The molecule has 1 aliphatic carbocycles. The van der Waals surface area contributed by atoms with Crippen LogP contribution in [0.2, 0.25) is 0 Å². The van der Waals surface area contributed by atoms with Crippen LogP contribution < -0.4 is 5.73 Å². The van der Waals surface area contributed by atoms with Crippen molar-refractivity contribution in [2.24, 2.45) is 11.7 Å². The molecule has 0 spiro atoms. The highest BCUT2D eigenvalue weighted by molar-refractivity contribution is 5.79. The highest BCUT2D eigenvalue weighted by Gasteiger charge is 2.35. The number of hydrogen-bond acceptors (Lipinski definition) is 4. The largest absolute Gasteiger partial charge is 0.379 e. The lowest BCUT2D eigenvalue weighted by Crippen LogP contribution is -2.52. The predicted molar refractivity (Wildman–Crippen MR) is 81.9 cm³/mol. The lowest BCUT2D eigenvalue weighted by Gasteiger charge is -2.40. The maximum Gasteiger partial charge on any atom is 0.226 e. The van der Waals surface area contributed by atoms with E-state index in [1.807, 2.05) is 0 Å². The number of ether oxygens (including phenoxy) is 1. The van der Waals surface area contributed by atoms with Gasteiger partial charge in [0.2, 0.25) is 5.91 Å². The molecule has 2 aliphatic heterocycles. The Kier molecular flexibility index (Phi) is 5.14. The van der Waals surface area contributed by atoms with E-state index in [1.165, 1.54) is 6.42 Å². The Bertz CT molecular complexity index is 357. The molecule has 5 nitrogen and oxygen atoms in total. The standard InChI is InChI=1S/C16H29N3O2/c17-14-5-4-13(11-14)16(20)19-6-2-1-3-15(19)12-18-7-9-21-10-8-18/h13-15H,1-12,17H2/t13-,14-,15+/m1/s1. The van der Waals surface area contributed by atoms with Crippen LogP contribution in [0.15, 0.2) is 0 Å². The summed E-state index contributed by atoms with van der Waals surface area (Å²) in [7, 11) is 0. The summed E-state index contributed by atoms with van der Waals surface area (Å²) in [5.74, 6) is 0.561. The van der Waals surface area contributed by atoms with Gasteiger partial charge in [0.1, 0.15) is 0 Å². The summed E-state index contributed by atoms with van der Waals surface area (Å²) in [5.41, 5.74) is 5.98. The molecule has 2 N–H and O–H groups in total. The van der Waals surface area contributed by atoms with Crippen molar-refractivity contribution >= 4 is 5.91 Å². The van der Waals surface area contributed by atoms with Crippen LogP contribution in [-0.4, -0.2) is 67.2 Å². The average Bonchev–Trinajstić information content (AvgIpc) is 2.95. The summed E-state index contributed by atoms with van der Waals surface area (Å²) in [6.45, 7) is 5.64. The normalized spacial score (nSPS) is 35.1. The first-order valence-electron chi connectivity index (χ1n) is 8.60. The monoisotopic (exact) mass is 295 g/mol. The van der Waals surface area contributed by atoms with Crippen molar-refractivity contribution in [3.63, 3.8) is 0 Å². The van der Waals surface area contributed by atoms with E-state index in [2.05, 4.69) is 9.80 Å². The number of rotatable bonds is 3. The zero-order valence-corrected chi connectivity index (χ0v) is 13.0. The van der Waals surface area contributed by atoms with Crippen LogP contribution in [0.4, 0.5) is 0 Å². The molecule has 3 aliphatic rings. The minimum Gasteiger partial charge on any atom is -0.379 e. The molecule has 2 heterocycles. The Morgan fingerprint density at radius 2 is 1.90 bits per heavy atom. The molecule has 0 aromatic heterocycles. The van der Waals surface area contributed by atoms with Crippen LogP contribution in [-0.2, 0) is 9.53 Å². The zero-order chi connectivity index (χ0) is 14.7. The van der Waals surface area contributed by atoms with Gasteiger partial charge in [0.15, 0.2) is 0 Å². The van der Waals surface area contributed by atoms with Crippen molar-refractivity contribution < 1.29 is 9.53 Å². The van der Waals surface area contributed by atoms with Crippen LogP contribution in [0.3, 0.4) is 0 Å². The third-order valence-corrected chi connectivity index (χ3v) is 5.31. The summed E-state index contributed by atoms with van der Waals surface area (Å²) < 4.78 is 5.42. The van der Waals surface area contributed by atoms with Gasteiger partial charge in [0.25, 0.3) is 0 Å². The van der Waals surface area contributed by atoms with Gasteiger partial charge in [-0.2, -0.15) is 0 Å². The quantitative estimate of drug-likeness (QED) is 0.838. The molecule has 0 unspecified atom stereocenters.